The van der Waals surface area contributed by atoms with Crippen LogP contribution in [0.25, 0.3) is 11.3 Å². The highest BCUT2D eigenvalue weighted by Gasteiger charge is 2.23. The molecule has 31 heavy (non-hydrogen) atoms. The fourth-order valence-electron chi connectivity index (χ4n) is 4.78. The molecule has 0 saturated carbocycles. The molecule has 1 amide bonds. The zero-order chi connectivity index (χ0) is 21.8. The van der Waals surface area contributed by atoms with Gasteiger partial charge in [-0.25, -0.2) is 4.98 Å². The first kappa shape index (κ1) is 21.3. The first-order valence-electron chi connectivity index (χ1n) is 11.1. The van der Waals surface area contributed by atoms with Crippen molar-refractivity contribution in [2.45, 2.75) is 44.4 Å². The van der Waals surface area contributed by atoms with Crippen molar-refractivity contribution in [3.8, 4) is 11.8 Å². The average molecular weight is 420 g/mol. The molecule has 1 aliphatic carbocycles. The zero-order valence-electron chi connectivity index (χ0n) is 17.8. The minimum Gasteiger partial charge on any atom is -0.395 e. The topological polar surface area (TPSA) is 108 Å². The number of likely N-dealkylation sites (tertiary alicyclic amines) is 1. The van der Waals surface area contributed by atoms with Crippen LogP contribution in [0.2, 0.25) is 0 Å². The van der Waals surface area contributed by atoms with Gasteiger partial charge in [-0.15, -0.1) is 0 Å². The Kier molecular flexibility index (Phi) is 6.50. The van der Waals surface area contributed by atoms with E-state index in [0.717, 1.165) is 63.0 Å². The molecule has 7 nitrogen and oxygen atoms in total. The van der Waals surface area contributed by atoms with Gasteiger partial charge in [-0.3, -0.25) is 9.36 Å². The lowest BCUT2D eigenvalue weighted by Crippen LogP contribution is -2.34. The van der Waals surface area contributed by atoms with Crippen LogP contribution in [0.15, 0.2) is 30.5 Å². The van der Waals surface area contributed by atoms with Gasteiger partial charge in [-0.1, -0.05) is 12.1 Å². The molecule has 0 spiro atoms. The number of benzene rings is 1. The number of hydrogen-bond donors (Lipinski definition) is 2. The molecular weight excluding hydrogens is 390 g/mol. The Hall–Kier alpha value is -2.95. The number of nitriles is 1. The number of amides is 1. The second kappa shape index (κ2) is 9.46. The molecule has 2 heterocycles. The molecule has 1 aromatic heterocycles. The number of allylic oxidation sites excluding steroid dienone is 2. The fourth-order valence-corrected chi connectivity index (χ4v) is 4.78. The molecule has 0 radical (unpaired) electrons. The smallest absolute Gasteiger partial charge is 0.285 e. The highest BCUT2D eigenvalue weighted by molar-refractivity contribution is 5.90. The summed E-state index contributed by atoms with van der Waals surface area (Å²) in [6, 6.07) is 8.44. The molecular formula is C24H29N5O2. The van der Waals surface area contributed by atoms with Crippen molar-refractivity contribution in [3.63, 3.8) is 0 Å². The predicted octanol–water partition coefficient (Wildman–Crippen LogP) is 2.97. The van der Waals surface area contributed by atoms with Gasteiger partial charge in [0.05, 0.1) is 12.3 Å². The van der Waals surface area contributed by atoms with Crippen molar-refractivity contribution < 1.29 is 9.90 Å². The van der Waals surface area contributed by atoms with Crippen molar-refractivity contribution in [3.05, 3.63) is 53.1 Å². The van der Waals surface area contributed by atoms with Crippen LogP contribution in [0.5, 0.6) is 0 Å². The lowest BCUT2D eigenvalue weighted by atomic mass is 9.85. The molecule has 0 bridgehead atoms. The minimum absolute atomic E-state index is 0.0827. The first-order valence-corrected chi connectivity index (χ1v) is 11.1. The number of aromatic nitrogens is 2. The lowest BCUT2D eigenvalue weighted by molar-refractivity contribution is 0.0989. The number of primary amides is 1. The molecule has 2 aromatic rings. The number of aliphatic hydroxyl groups excluding tert-OH is 1. The summed E-state index contributed by atoms with van der Waals surface area (Å²) in [6.45, 7) is 2.92. The predicted molar refractivity (Wildman–Crippen MR) is 119 cm³/mol. The maximum Gasteiger partial charge on any atom is 0.285 e. The van der Waals surface area contributed by atoms with Gasteiger partial charge in [0.25, 0.3) is 5.91 Å². The average Bonchev–Trinajstić information content (AvgIpc) is 3.25. The number of hydrogen-bond acceptors (Lipinski definition) is 5. The van der Waals surface area contributed by atoms with Crippen LogP contribution in [0.3, 0.4) is 0 Å². The fraction of sp³-hybridized carbons (Fsp3) is 0.458. The number of carbonyl (C=O) groups is 1. The van der Waals surface area contributed by atoms with Gasteiger partial charge in [0.2, 0.25) is 5.82 Å². The van der Waals surface area contributed by atoms with Gasteiger partial charge in [-0.2, -0.15) is 5.26 Å². The second-order valence-electron chi connectivity index (χ2n) is 8.39. The molecule has 3 N–H and O–H groups in total. The molecule has 2 aliphatic rings. The minimum atomic E-state index is -0.648. The molecule has 1 saturated heterocycles. The van der Waals surface area contributed by atoms with E-state index in [0.29, 0.717) is 5.92 Å². The summed E-state index contributed by atoms with van der Waals surface area (Å²) in [5.41, 5.74) is 10.3. The number of nitrogens with two attached hydrogens (primary N) is 1. The van der Waals surface area contributed by atoms with Crippen molar-refractivity contribution in [1.29, 1.82) is 5.26 Å². The first-order chi connectivity index (χ1) is 15.1. The van der Waals surface area contributed by atoms with Crippen molar-refractivity contribution in [2.75, 3.05) is 26.2 Å². The van der Waals surface area contributed by atoms with E-state index >= 15 is 0 Å². The Morgan fingerprint density at radius 2 is 2.10 bits per heavy atom. The standard InChI is InChI=1S/C24H29N5O2/c25-15-20-16-29(24(27-20)23(26)31)22-7-6-19(14-21(22)18-4-2-1-3-5-18)17-8-10-28(11-9-17)12-13-30/h4,6-7,14,16-17,30H,1-3,5,8-13H2,(H2,26,31). The van der Waals surface area contributed by atoms with Gasteiger partial charge >= 0.3 is 0 Å². The van der Waals surface area contributed by atoms with Crippen molar-refractivity contribution >= 4 is 11.5 Å². The Morgan fingerprint density at radius 1 is 1.29 bits per heavy atom. The molecule has 1 fully saturated rings. The van der Waals surface area contributed by atoms with Gasteiger partial charge in [0.15, 0.2) is 5.69 Å². The molecule has 162 valence electrons. The summed E-state index contributed by atoms with van der Waals surface area (Å²) >= 11 is 0. The highest BCUT2D eigenvalue weighted by atomic mass is 16.3. The van der Waals surface area contributed by atoms with Gasteiger partial charge in [0.1, 0.15) is 6.07 Å². The normalized spacial score (nSPS) is 17.9. The molecule has 0 unspecified atom stereocenters. The Morgan fingerprint density at radius 3 is 2.74 bits per heavy atom. The third-order valence-corrected chi connectivity index (χ3v) is 6.43. The number of imidazole rings is 1. The number of nitrogens with zero attached hydrogens (tertiary/aromatic N) is 4. The van der Waals surface area contributed by atoms with E-state index in [1.165, 1.54) is 17.6 Å². The SMILES string of the molecule is N#Cc1cn(-c2ccc(C3CCN(CCO)CC3)cc2C2=CCCCC2)c(C(N)=O)n1. The highest BCUT2D eigenvalue weighted by Crippen LogP contribution is 2.36. The third-order valence-electron chi connectivity index (χ3n) is 6.43. The van der Waals surface area contributed by atoms with E-state index in [1.54, 1.807) is 10.8 Å². The van der Waals surface area contributed by atoms with E-state index in [2.05, 4.69) is 28.1 Å². The van der Waals surface area contributed by atoms with E-state index in [9.17, 15) is 15.2 Å². The number of piperidine rings is 1. The maximum absolute atomic E-state index is 12.0. The zero-order valence-corrected chi connectivity index (χ0v) is 17.8. The Bertz CT molecular complexity index is 1030. The summed E-state index contributed by atoms with van der Waals surface area (Å²) in [5, 5.41) is 18.5. The maximum atomic E-state index is 12.0. The van der Waals surface area contributed by atoms with Crippen LogP contribution < -0.4 is 5.73 Å². The van der Waals surface area contributed by atoms with E-state index in [4.69, 9.17) is 5.73 Å². The summed E-state index contributed by atoms with van der Waals surface area (Å²) in [5.74, 6) is -0.0929. The Balaban J connectivity index is 1.73. The molecule has 7 heteroatoms. The lowest BCUT2D eigenvalue weighted by Gasteiger charge is -2.32. The molecule has 1 aromatic carbocycles. The van der Waals surface area contributed by atoms with Crippen LogP contribution in [-0.4, -0.2) is 51.7 Å². The van der Waals surface area contributed by atoms with Gasteiger partial charge in [0, 0.05) is 18.3 Å². The number of rotatable bonds is 6. The van der Waals surface area contributed by atoms with E-state index in [-0.39, 0.29) is 18.1 Å². The van der Waals surface area contributed by atoms with Crippen LogP contribution in [0, 0.1) is 11.3 Å². The summed E-state index contributed by atoms with van der Waals surface area (Å²) in [4.78, 5) is 18.4. The number of carbonyl (C=O) groups excluding carboxylic acids is 1. The Labute approximate surface area is 182 Å². The van der Waals surface area contributed by atoms with Crippen LogP contribution in [-0.2, 0) is 0 Å². The van der Waals surface area contributed by atoms with Crippen LogP contribution in [0.4, 0.5) is 0 Å². The van der Waals surface area contributed by atoms with Gasteiger partial charge in [-0.05, 0) is 80.8 Å². The van der Waals surface area contributed by atoms with E-state index in [1.807, 2.05) is 12.1 Å². The second-order valence-corrected chi connectivity index (χ2v) is 8.39. The van der Waals surface area contributed by atoms with Gasteiger partial charge < -0.3 is 15.7 Å². The van der Waals surface area contributed by atoms with E-state index < -0.39 is 5.91 Å². The largest absolute Gasteiger partial charge is 0.395 e. The third kappa shape index (κ3) is 4.55. The van der Waals surface area contributed by atoms with Crippen LogP contribution >= 0.6 is 0 Å². The van der Waals surface area contributed by atoms with Crippen molar-refractivity contribution in [2.24, 2.45) is 5.73 Å². The van der Waals surface area contributed by atoms with Crippen molar-refractivity contribution in [1.82, 2.24) is 14.5 Å². The summed E-state index contributed by atoms with van der Waals surface area (Å²) in [6.07, 6.45) is 10.4. The molecule has 0 atom stereocenters. The molecule has 4 rings (SSSR count). The molecule has 1 aliphatic heterocycles. The monoisotopic (exact) mass is 419 g/mol. The summed E-state index contributed by atoms with van der Waals surface area (Å²) < 4.78 is 1.67. The number of β-amino-alcohol motifs (C(OH)–C–C–N with tert-alkyl or cyclic N) is 1. The van der Waals surface area contributed by atoms with Crippen LogP contribution in [0.1, 0.15) is 71.9 Å². The number of aliphatic hydroxyl groups is 1. The summed E-state index contributed by atoms with van der Waals surface area (Å²) in [7, 11) is 0. The quantitative estimate of drug-likeness (QED) is 0.748.